The van der Waals surface area contributed by atoms with Crippen molar-refractivity contribution in [2.45, 2.75) is 0 Å². The van der Waals surface area contributed by atoms with Gasteiger partial charge in [0.05, 0.1) is 19.9 Å². The second-order valence-corrected chi connectivity index (χ2v) is 4.25. The van der Waals surface area contributed by atoms with Crippen LogP contribution >= 0.6 is 11.6 Å². The molecule has 0 aliphatic carbocycles. The zero-order valence-electron chi connectivity index (χ0n) is 11.0. The molecule has 104 valence electrons. The number of anilines is 1. The van der Waals surface area contributed by atoms with Crippen molar-refractivity contribution in [1.29, 1.82) is 0 Å². The Kier molecular flexibility index (Phi) is 4.42. The van der Waals surface area contributed by atoms with Gasteiger partial charge in [0.2, 0.25) is 0 Å². The first kappa shape index (κ1) is 14.1. The van der Waals surface area contributed by atoms with Crippen molar-refractivity contribution in [2.75, 3.05) is 19.5 Å². The number of methoxy groups -OCH3 is 2. The maximum absolute atomic E-state index is 12.1. The first-order chi connectivity index (χ1) is 9.63. The van der Waals surface area contributed by atoms with E-state index in [1.165, 1.54) is 7.11 Å². The molecular formula is C14H13ClN2O3. The lowest BCUT2D eigenvalue weighted by atomic mass is 10.2. The summed E-state index contributed by atoms with van der Waals surface area (Å²) in [4.78, 5) is 16.1. The molecule has 2 aromatic rings. The second-order valence-electron chi connectivity index (χ2n) is 3.87. The van der Waals surface area contributed by atoms with Crippen LogP contribution in [0, 0.1) is 0 Å². The molecule has 0 aliphatic rings. The SMILES string of the molecule is COc1ccc(OC)c(NC(=O)c2cccc(Cl)n2)c1. The molecule has 0 spiro atoms. The van der Waals surface area contributed by atoms with E-state index in [1.807, 2.05) is 0 Å². The molecule has 1 heterocycles. The molecule has 0 radical (unpaired) electrons. The molecule has 1 aromatic heterocycles. The Morgan fingerprint density at radius 2 is 2.00 bits per heavy atom. The van der Waals surface area contributed by atoms with Gasteiger partial charge in [-0.3, -0.25) is 4.79 Å². The third-order valence-corrected chi connectivity index (χ3v) is 2.81. The topological polar surface area (TPSA) is 60.5 Å². The number of rotatable bonds is 4. The highest BCUT2D eigenvalue weighted by atomic mass is 35.5. The van der Waals surface area contributed by atoms with E-state index in [9.17, 15) is 4.79 Å². The zero-order chi connectivity index (χ0) is 14.5. The summed E-state index contributed by atoms with van der Waals surface area (Å²) in [5.74, 6) is 0.764. The fourth-order valence-corrected chi connectivity index (χ4v) is 1.80. The predicted octanol–water partition coefficient (Wildman–Crippen LogP) is 3.00. The Morgan fingerprint density at radius 3 is 2.65 bits per heavy atom. The van der Waals surface area contributed by atoms with E-state index < -0.39 is 0 Å². The minimum Gasteiger partial charge on any atom is -0.497 e. The molecule has 0 bridgehead atoms. The van der Waals surface area contributed by atoms with Crippen molar-refractivity contribution in [1.82, 2.24) is 4.98 Å². The highest BCUT2D eigenvalue weighted by Gasteiger charge is 2.12. The average molecular weight is 293 g/mol. The Bertz CT molecular complexity index is 632. The monoisotopic (exact) mass is 292 g/mol. The normalized spacial score (nSPS) is 9.95. The summed E-state index contributed by atoms with van der Waals surface area (Å²) in [7, 11) is 3.07. The number of hydrogen-bond acceptors (Lipinski definition) is 4. The maximum Gasteiger partial charge on any atom is 0.274 e. The number of hydrogen-bond donors (Lipinski definition) is 1. The number of nitrogens with zero attached hydrogens (tertiary/aromatic N) is 1. The molecule has 0 aliphatic heterocycles. The van der Waals surface area contributed by atoms with Crippen molar-refractivity contribution in [3.8, 4) is 11.5 Å². The minimum absolute atomic E-state index is 0.224. The van der Waals surface area contributed by atoms with E-state index in [0.29, 0.717) is 17.2 Å². The van der Waals surface area contributed by atoms with Crippen molar-refractivity contribution >= 4 is 23.2 Å². The lowest BCUT2D eigenvalue weighted by molar-refractivity contribution is 0.102. The van der Waals surface area contributed by atoms with Crippen molar-refractivity contribution in [3.63, 3.8) is 0 Å². The lowest BCUT2D eigenvalue weighted by Gasteiger charge is -2.11. The molecule has 0 fully saturated rings. The average Bonchev–Trinajstić information content (AvgIpc) is 2.47. The van der Waals surface area contributed by atoms with Gasteiger partial charge in [0.25, 0.3) is 5.91 Å². The van der Waals surface area contributed by atoms with Crippen LogP contribution < -0.4 is 14.8 Å². The number of aromatic nitrogens is 1. The van der Waals surface area contributed by atoms with Gasteiger partial charge in [0, 0.05) is 6.07 Å². The second kappa shape index (κ2) is 6.25. The van der Waals surface area contributed by atoms with Gasteiger partial charge in [-0.05, 0) is 24.3 Å². The first-order valence-corrected chi connectivity index (χ1v) is 6.18. The standard InChI is InChI=1S/C14H13ClN2O3/c1-19-9-6-7-12(20-2)11(8-9)17-14(18)10-4-3-5-13(15)16-10/h3-8H,1-2H3,(H,17,18). The number of carbonyl (C=O) groups excluding carboxylic acids is 1. The number of amides is 1. The Hall–Kier alpha value is -2.27. The van der Waals surface area contributed by atoms with E-state index in [-0.39, 0.29) is 16.8 Å². The van der Waals surface area contributed by atoms with E-state index in [1.54, 1.807) is 43.5 Å². The first-order valence-electron chi connectivity index (χ1n) is 5.80. The molecule has 1 amide bonds. The number of pyridine rings is 1. The van der Waals surface area contributed by atoms with E-state index in [2.05, 4.69) is 10.3 Å². The van der Waals surface area contributed by atoms with Gasteiger partial charge in [-0.25, -0.2) is 4.98 Å². The summed E-state index contributed by atoms with van der Waals surface area (Å²) in [6.07, 6.45) is 0. The predicted molar refractivity (Wildman–Crippen MR) is 76.7 cm³/mol. The van der Waals surface area contributed by atoms with Gasteiger partial charge in [-0.15, -0.1) is 0 Å². The smallest absolute Gasteiger partial charge is 0.274 e. The molecule has 20 heavy (non-hydrogen) atoms. The van der Waals surface area contributed by atoms with Gasteiger partial charge >= 0.3 is 0 Å². The highest BCUT2D eigenvalue weighted by Crippen LogP contribution is 2.29. The maximum atomic E-state index is 12.1. The van der Waals surface area contributed by atoms with Crippen LogP contribution in [-0.2, 0) is 0 Å². The van der Waals surface area contributed by atoms with Crippen molar-refractivity contribution in [3.05, 3.63) is 47.2 Å². The van der Waals surface area contributed by atoms with Crippen LogP contribution in [0.3, 0.4) is 0 Å². The molecule has 1 N–H and O–H groups in total. The van der Waals surface area contributed by atoms with Crippen LogP contribution in [0.15, 0.2) is 36.4 Å². The molecule has 0 saturated heterocycles. The summed E-state index contributed by atoms with van der Waals surface area (Å²) < 4.78 is 10.3. The van der Waals surface area contributed by atoms with Crippen LogP contribution in [0.2, 0.25) is 5.15 Å². The van der Waals surface area contributed by atoms with Crippen LogP contribution in [0.4, 0.5) is 5.69 Å². The fraction of sp³-hybridized carbons (Fsp3) is 0.143. The van der Waals surface area contributed by atoms with Gasteiger partial charge in [-0.2, -0.15) is 0 Å². The third-order valence-electron chi connectivity index (χ3n) is 2.60. The quantitative estimate of drug-likeness (QED) is 0.880. The van der Waals surface area contributed by atoms with E-state index >= 15 is 0 Å². The van der Waals surface area contributed by atoms with Crippen molar-refractivity contribution < 1.29 is 14.3 Å². The zero-order valence-corrected chi connectivity index (χ0v) is 11.8. The van der Waals surface area contributed by atoms with Crippen molar-refractivity contribution in [2.24, 2.45) is 0 Å². The van der Waals surface area contributed by atoms with Crippen LogP contribution in [-0.4, -0.2) is 25.1 Å². The number of ether oxygens (including phenoxy) is 2. The number of nitrogens with one attached hydrogen (secondary N) is 1. The molecule has 6 heteroatoms. The molecule has 0 unspecified atom stereocenters. The van der Waals surface area contributed by atoms with Crippen LogP contribution in [0.1, 0.15) is 10.5 Å². The molecule has 0 saturated carbocycles. The lowest BCUT2D eigenvalue weighted by Crippen LogP contribution is -2.14. The molecule has 1 aromatic carbocycles. The summed E-state index contributed by atoms with van der Waals surface area (Å²) in [5, 5.41) is 2.97. The number of halogens is 1. The summed E-state index contributed by atoms with van der Waals surface area (Å²) in [5.41, 5.74) is 0.723. The summed E-state index contributed by atoms with van der Waals surface area (Å²) >= 11 is 5.76. The molecule has 0 atom stereocenters. The highest BCUT2D eigenvalue weighted by molar-refractivity contribution is 6.29. The Labute approximate surface area is 121 Å². The number of benzene rings is 1. The van der Waals surface area contributed by atoms with Gasteiger partial charge in [0.15, 0.2) is 0 Å². The van der Waals surface area contributed by atoms with Crippen LogP contribution in [0.25, 0.3) is 0 Å². The van der Waals surface area contributed by atoms with Gasteiger partial charge < -0.3 is 14.8 Å². The Morgan fingerprint density at radius 1 is 1.20 bits per heavy atom. The van der Waals surface area contributed by atoms with Gasteiger partial charge in [-0.1, -0.05) is 17.7 Å². The van der Waals surface area contributed by atoms with Crippen LogP contribution in [0.5, 0.6) is 11.5 Å². The molecule has 2 rings (SSSR count). The number of carbonyl (C=O) groups is 1. The third kappa shape index (κ3) is 3.19. The molecule has 5 nitrogen and oxygen atoms in total. The van der Waals surface area contributed by atoms with E-state index in [0.717, 1.165) is 0 Å². The fourth-order valence-electron chi connectivity index (χ4n) is 1.63. The minimum atomic E-state index is -0.376. The van der Waals surface area contributed by atoms with E-state index in [4.69, 9.17) is 21.1 Å². The van der Waals surface area contributed by atoms with Gasteiger partial charge in [0.1, 0.15) is 22.3 Å². The molecular weight excluding hydrogens is 280 g/mol. The summed E-state index contributed by atoms with van der Waals surface area (Å²) in [6, 6.07) is 9.96. The summed E-state index contributed by atoms with van der Waals surface area (Å²) in [6.45, 7) is 0. The largest absolute Gasteiger partial charge is 0.497 e. The Balaban J connectivity index is 2.27.